The molecule has 1 heterocycles. The summed E-state index contributed by atoms with van der Waals surface area (Å²) in [5, 5.41) is 3.67. The minimum atomic E-state index is 0.190. The van der Waals surface area contributed by atoms with Gasteiger partial charge in [0.25, 0.3) is 0 Å². The van der Waals surface area contributed by atoms with Gasteiger partial charge in [-0.2, -0.15) is 0 Å². The summed E-state index contributed by atoms with van der Waals surface area (Å²) in [6, 6.07) is 13.3. The quantitative estimate of drug-likeness (QED) is 0.786. The summed E-state index contributed by atoms with van der Waals surface area (Å²) in [7, 11) is 0. The zero-order valence-electron chi connectivity index (χ0n) is 13.5. The van der Waals surface area contributed by atoms with Crippen LogP contribution in [0, 0.1) is 6.92 Å². The second-order valence-electron chi connectivity index (χ2n) is 5.76. The molecule has 0 radical (unpaired) electrons. The van der Waals surface area contributed by atoms with Crippen molar-refractivity contribution < 1.29 is 4.74 Å². The summed E-state index contributed by atoms with van der Waals surface area (Å²) >= 11 is 1.85. The Kier molecular flexibility index (Phi) is 5.43. The molecule has 2 nitrogen and oxygen atoms in total. The first-order valence-electron chi connectivity index (χ1n) is 7.55. The molecular weight excluding hydrogens is 278 g/mol. The highest BCUT2D eigenvalue weighted by molar-refractivity contribution is 7.12. The fraction of sp³-hybridized carbons (Fsp3) is 0.444. The summed E-state index contributed by atoms with van der Waals surface area (Å²) < 4.78 is 5.92. The smallest absolute Gasteiger partial charge is 0.124 e. The van der Waals surface area contributed by atoms with Crippen LogP contribution in [0.3, 0.4) is 0 Å². The van der Waals surface area contributed by atoms with E-state index in [1.807, 2.05) is 23.5 Å². The fourth-order valence-corrected chi connectivity index (χ4v) is 3.32. The molecule has 2 atom stereocenters. The Morgan fingerprint density at radius 2 is 1.67 bits per heavy atom. The molecule has 2 aromatic rings. The number of benzene rings is 1. The van der Waals surface area contributed by atoms with E-state index >= 15 is 0 Å². The Bertz CT molecular complexity index is 576. The molecule has 1 aromatic carbocycles. The SMILES string of the molecule is Cc1ccc(C(C)NC(C)c2ccccc2OC(C)C)s1. The molecule has 1 N–H and O–H groups in total. The van der Waals surface area contributed by atoms with E-state index in [1.54, 1.807) is 0 Å². The third-order valence-electron chi connectivity index (χ3n) is 3.44. The van der Waals surface area contributed by atoms with E-state index in [-0.39, 0.29) is 12.1 Å². The molecule has 2 rings (SSSR count). The minimum absolute atomic E-state index is 0.190. The van der Waals surface area contributed by atoms with Crippen LogP contribution in [0.4, 0.5) is 0 Å². The van der Waals surface area contributed by atoms with Crippen molar-refractivity contribution in [1.82, 2.24) is 5.32 Å². The number of hydrogen-bond acceptors (Lipinski definition) is 3. The number of thiophene rings is 1. The predicted octanol–water partition coefficient (Wildman–Crippen LogP) is 5.26. The third kappa shape index (κ3) is 4.32. The molecule has 0 saturated carbocycles. The maximum absolute atomic E-state index is 5.92. The van der Waals surface area contributed by atoms with Crippen LogP contribution in [-0.2, 0) is 0 Å². The first kappa shape index (κ1) is 16.1. The number of rotatable bonds is 6. The van der Waals surface area contributed by atoms with E-state index in [4.69, 9.17) is 4.74 Å². The van der Waals surface area contributed by atoms with Gasteiger partial charge in [-0.25, -0.2) is 0 Å². The van der Waals surface area contributed by atoms with Gasteiger partial charge in [0.1, 0.15) is 5.75 Å². The molecule has 0 spiro atoms. The molecule has 0 amide bonds. The lowest BCUT2D eigenvalue weighted by Gasteiger charge is -2.23. The van der Waals surface area contributed by atoms with E-state index in [0.29, 0.717) is 6.04 Å². The summed E-state index contributed by atoms with van der Waals surface area (Å²) in [5.74, 6) is 0.974. The van der Waals surface area contributed by atoms with Gasteiger partial charge in [-0.05, 0) is 52.8 Å². The molecule has 0 bridgehead atoms. The van der Waals surface area contributed by atoms with Gasteiger partial charge < -0.3 is 10.1 Å². The molecule has 114 valence electrons. The first-order chi connectivity index (χ1) is 9.97. The van der Waals surface area contributed by atoms with Crippen molar-refractivity contribution in [2.24, 2.45) is 0 Å². The van der Waals surface area contributed by atoms with Crippen molar-refractivity contribution in [2.45, 2.75) is 52.8 Å². The van der Waals surface area contributed by atoms with E-state index in [2.05, 4.69) is 64.2 Å². The number of hydrogen-bond donors (Lipinski definition) is 1. The van der Waals surface area contributed by atoms with Gasteiger partial charge in [0, 0.05) is 27.4 Å². The van der Waals surface area contributed by atoms with E-state index in [0.717, 1.165) is 5.75 Å². The van der Waals surface area contributed by atoms with E-state index in [9.17, 15) is 0 Å². The monoisotopic (exact) mass is 303 g/mol. The number of para-hydroxylation sites is 1. The van der Waals surface area contributed by atoms with Crippen LogP contribution in [0.5, 0.6) is 5.75 Å². The maximum Gasteiger partial charge on any atom is 0.124 e. The lowest BCUT2D eigenvalue weighted by Crippen LogP contribution is -2.22. The summed E-state index contributed by atoms with van der Waals surface area (Å²) in [6.07, 6.45) is 0.190. The zero-order chi connectivity index (χ0) is 15.4. The number of nitrogens with one attached hydrogen (secondary N) is 1. The van der Waals surface area contributed by atoms with Gasteiger partial charge in [0.2, 0.25) is 0 Å². The van der Waals surface area contributed by atoms with Crippen molar-refractivity contribution in [1.29, 1.82) is 0 Å². The van der Waals surface area contributed by atoms with Crippen LogP contribution in [0.15, 0.2) is 36.4 Å². The Morgan fingerprint density at radius 3 is 2.29 bits per heavy atom. The molecule has 0 aliphatic carbocycles. The predicted molar refractivity (Wildman–Crippen MR) is 91.2 cm³/mol. The third-order valence-corrected chi connectivity index (χ3v) is 4.62. The highest BCUT2D eigenvalue weighted by Gasteiger charge is 2.16. The number of aryl methyl sites for hydroxylation is 1. The lowest BCUT2D eigenvalue weighted by molar-refractivity contribution is 0.237. The van der Waals surface area contributed by atoms with Gasteiger partial charge in [-0.1, -0.05) is 18.2 Å². The lowest BCUT2D eigenvalue weighted by atomic mass is 10.1. The molecule has 0 aliphatic heterocycles. The standard InChI is InChI=1S/C18H25NOS/c1-12(2)20-17-9-7-6-8-16(17)14(4)19-15(5)18-11-10-13(3)21-18/h6-12,14-15,19H,1-5H3. The van der Waals surface area contributed by atoms with Crippen LogP contribution in [0.1, 0.15) is 55.1 Å². The Balaban J connectivity index is 2.11. The molecule has 21 heavy (non-hydrogen) atoms. The maximum atomic E-state index is 5.92. The molecular formula is C18H25NOS. The van der Waals surface area contributed by atoms with Crippen molar-refractivity contribution in [2.75, 3.05) is 0 Å². The molecule has 0 fully saturated rings. The average molecular weight is 303 g/mol. The van der Waals surface area contributed by atoms with Gasteiger partial charge in [-0.15, -0.1) is 11.3 Å². The van der Waals surface area contributed by atoms with E-state index < -0.39 is 0 Å². The summed E-state index contributed by atoms with van der Waals surface area (Å²) in [5.41, 5.74) is 1.21. The van der Waals surface area contributed by atoms with Gasteiger partial charge in [0.15, 0.2) is 0 Å². The van der Waals surface area contributed by atoms with E-state index in [1.165, 1.54) is 15.3 Å². The molecule has 2 unspecified atom stereocenters. The molecule has 1 aromatic heterocycles. The molecule has 0 aliphatic rings. The molecule has 0 saturated heterocycles. The first-order valence-corrected chi connectivity index (χ1v) is 8.37. The van der Waals surface area contributed by atoms with Crippen molar-refractivity contribution in [3.8, 4) is 5.75 Å². The topological polar surface area (TPSA) is 21.3 Å². The van der Waals surface area contributed by atoms with Gasteiger partial charge in [0.05, 0.1) is 6.10 Å². The Morgan fingerprint density at radius 1 is 0.952 bits per heavy atom. The highest BCUT2D eigenvalue weighted by atomic mass is 32.1. The zero-order valence-corrected chi connectivity index (χ0v) is 14.3. The van der Waals surface area contributed by atoms with Crippen LogP contribution in [-0.4, -0.2) is 6.10 Å². The largest absolute Gasteiger partial charge is 0.491 e. The van der Waals surface area contributed by atoms with Crippen LogP contribution < -0.4 is 10.1 Å². The molecule has 3 heteroatoms. The fourth-order valence-electron chi connectivity index (χ4n) is 2.43. The normalized spacial score (nSPS) is 14.2. The van der Waals surface area contributed by atoms with Crippen LogP contribution in [0.2, 0.25) is 0 Å². The van der Waals surface area contributed by atoms with Crippen LogP contribution >= 0.6 is 11.3 Å². The Hall–Kier alpha value is -1.32. The summed E-state index contributed by atoms with van der Waals surface area (Å²) in [4.78, 5) is 2.73. The second kappa shape index (κ2) is 7.10. The highest BCUT2D eigenvalue weighted by Crippen LogP contribution is 2.29. The number of ether oxygens (including phenoxy) is 1. The summed E-state index contributed by atoms with van der Waals surface area (Å²) in [6.45, 7) is 10.7. The van der Waals surface area contributed by atoms with Crippen molar-refractivity contribution in [3.63, 3.8) is 0 Å². The van der Waals surface area contributed by atoms with Crippen molar-refractivity contribution in [3.05, 3.63) is 51.7 Å². The second-order valence-corrected chi connectivity index (χ2v) is 7.08. The van der Waals surface area contributed by atoms with Gasteiger partial charge in [-0.3, -0.25) is 0 Å². The average Bonchev–Trinajstić information content (AvgIpc) is 2.85. The van der Waals surface area contributed by atoms with Crippen molar-refractivity contribution >= 4 is 11.3 Å². The van der Waals surface area contributed by atoms with Crippen LogP contribution in [0.25, 0.3) is 0 Å². The minimum Gasteiger partial charge on any atom is -0.491 e. The van der Waals surface area contributed by atoms with Gasteiger partial charge >= 0.3 is 0 Å². The Labute approximate surface area is 132 Å².